The van der Waals surface area contributed by atoms with Crippen molar-refractivity contribution in [1.82, 2.24) is 4.98 Å². The fourth-order valence-electron chi connectivity index (χ4n) is 7.37. The summed E-state index contributed by atoms with van der Waals surface area (Å²) < 4.78 is 33.2. The van der Waals surface area contributed by atoms with Gasteiger partial charge in [-0.2, -0.15) is 5.10 Å². The zero-order valence-electron chi connectivity index (χ0n) is 23.8. The lowest BCUT2D eigenvalue weighted by atomic mass is 9.58. The second kappa shape index (κ2) is 10.0. The van der Waals surface area contributed by atoms with Crippen molar-refractivity contribution in [2.24, 2.45) is 28.8 Å². The molecular formula is C32H36FN3O5. The van der Waals surface area contributed by atoms with Gasteiger partial charge in [-0.25, -0.2) is 14.2 Å². The van der Waals surface area contributed by atoms with Crippen molar-refractivity contribution in [3.05, 3.63) is 65.6 Å². The fraction of sp³-hybridized carbons (Fsp3) is 0.500. The molecule has 9 heteroatoms. The largest absolute Gasteiger partial charge is 0.465 e. The number of nitrogens with zero attached hydrogens (tertiary/aromatic N) is 2. The number of halogens is 1. The zero-order valence-corrected chi connectivity index (χ0v) is 23.8. The molecule has 41 heavy (non-hydrogen) atoms. The predicted octanol–water partition coefficient (Wildman–Crippen LogP) is 6.72. The van der Waals surface area contributed by atoms with Gasteiger partial charge in [0.2, 0.25) is 12.1 Å². The van der Waals surface area contributed by atoms with Crippen LogP contribution < -0.4 is 10.2 Å². The molecule has 3 aromatic rings. The van der Waals surface area contributed by atoms with E-state index in [2.05, 4.69) is 29.4 Å². The molecule has 8 nitrogen and oxygen atoms in total. The van der Waals surface area contributed by atoms with Gasteiger partial charge >= 0.3 is 0 Å². The SMILES string of the molecule is Cc1cc(N/N=C/c2ccc(O[C@H]3O[C@@H]4O[C@@]5(C)CC[C@H]6[C@H](C)CC[C@@H]([C@H]3C)[C@@]46OO5)cc2)c2cc(F)ccc2n1. The van der Waals surface area contributed by atoms with Crippen molar-refractivity contribution in [2.75, 3.05) is 5.43 Å². The number of anilines is 1. The van der Waals surface area contributed by atoms with Crippen LogP contribution in [-0.4, -0.2) is 35.2 Å². The number of nitrogens with one attached hydrogen (secondary N) is 1. The highest BCUT2D eigenvalue weighted by Crippen LogP contribution is 2.60. The number of aryl methyl sites for hydroxylation is 1. The van der Waals surface area contributed by atoms with Gasteiger partial charge in [0, 0.05) is 29.3 Å². The third kappa shape index (κ3) is 4.59. The average molecular weight is 562 g/mol. The summed E-state index contributed by atoms with van der Waals surface area (Å²) >= 11 is 0. The van der Waals surface area contributed by atoms with E-state index in [9.17, 15) is 4.39 Å². The molecule has 8 rings (SSSR count). The minimum Gasteiger partial charge on any atom is -0.465 e. The highest BCUT2D eigenvalue weighted by atomic mass is 19.1. The summed E-state index contributed by atoms with van der Waals surface area (Å²) in [5.41, 5.74) is 5.54. The maximum Gasteiger partial charge on any atom is 0.205 e. The second-order valence-electron chi connectivity index (χ2n) is 12.3. The third-order valence-electron chi connectivity index (χ3n) is 9.53. The Kier molecular flexibility index (Phi) is 6.54. The van der Waals surface area contributed by atoms with Crippen LogP contribution in [0.3, 0.4) is 0 Å². The van der Waals surface area contributed by atoms with Crippen LogP contribution in [0.4, 0.5) is 10.1 Å². The van der Waals surface area contributed by atoms with Crippen molar-refractivity contribution in [3.8, 4) is 5.75 Å². The van der Waals surface area contributed by atoms with Crippen molar-refractivity contribution >= 4 is 22.8 Å². The molecule has 4 aliphatic heterocycles. The number of benzene rings is 2. The van der Waals surface area contributed by atoms with Gasteiger partial charge < -0.3 is 14.2 Å². The second-order valence-corrected chi connectivity index (χ2v) is 12.3. The molecule has 5 aliphatic rings. The summed E-state index contributed by atoms with van der Waals surface area (Å²) in [5.74, 6) is 0.701. The number of hydrazone groups is 1. The Morgan fingerprint density at radius 3 is 2.71 bits per heavy atom. The van der Waals surface area contributed by atoms with Crippen molar-refractivity contribution in [1.29, 1.82) is 0 Å². The lowest BCUT2D eigenvalue weighted by molar-refractivity contribution is -0.575. The van der Waals surface area contributed by atoms with Crippen LogP contribution in [-0.2, 0) is 19.2 Å². The number of hydrogen-bond donors (Lipinski definition) is 1. The molecule has 1 aliphatic carbocycles. The first kappa shape index (κ1) is 26.8. The first-order valence-electron chi connectivity index (χ1n) is 14.6. The van der Waals surface area contributed by atoms with E-state index in [0.717, 1.165) is 36.9 Å². The Morgan fingerprint density at radius 1 is 1.05 bits per heavy atom. The van der Waals surface area contributed by atoms with E-state index in [-0.39, 0.29) is 17.7 Å². The van der Waals surface area contributed by atoms with Gasteiger partial charge in [-0.05, 0) is 99.0 Å². The van der Waals surface area contributed by atoms with Gasteiger partial charge in [0.15, 0.2) is 11.9 Å². The first-order valence-corrected chi connectivity index (χ1v) is 14.6. The van der Waals surface area contributed by atoms with Gasteiger partial charge in [-0.15, -0.1) is 0 Å². The number of hydrogen-bond acceptors (Lipinski definition) is 8. The molecular weight excluding hydrogens is 525 g/mol. The van der Waals surface area contributed by atoms with E-state index in [1.807, 2.05) is 44.2 Å². The van der Waals surface area contributed by atoms with Crippen molar-refractivity contribution in [2.45, 2.75) is 77.3 Å². The molecule has 5 fully saturated rings. The quantitative estimate of drug-likeness (QED) is 0.210. The zero-order chi connectivity index (χ0) is 28.4. The molecule has 0 amide bonds. The van der Waals surface area contributed by atoms with Gasteiger partial charge in [-0.3, -0.25) is 10.4 Å². The minimum atomic E-state index is -0.812. The molecule has 1 N–H and O–H groups in total. The van der Waals surface area contributed by atoms with Crippen LogP contribution in [0.25, 0.3) is 10.9 Å². The highest BCUT2D eigenvalue weighted by molar-refractivity contribution is 5.92. The van der Waals surface area contributed by atoms with E-state index in [1.165, 1.54) is 12.1 Å². The summed E-state index contributed by atoms with van der Waals surface area (Å²) in [4.78, 5) is 16.6. The first-order chi connectivity index (χ1) is 19.7. The van der Waals surface area contributed by atoms with Gasteiger partial charge in [-0.1, -0.05) is 13.8 Å². The summed E-state index contributed by atoms with van der Waals surface area (Å²) in [5, 5.41) is 5.06. The van der Waals surface area contributed by atoms with E-state index >= 15 is 0 Å². The highest BCUT2D eigenvalue weighted by Gasteiger charge is 2.69. The molecule has 5 heterocycles. The Bertz CT molecular complexity index is 1480. The normalized spacial score (nSPS) is 36.2. The molecule has 2 aromatic carbocycles. The Balaban J connectivity index is 1.06. The summed E-state index contributed by atoms with van der Waals surface area (Å²) in [6.45, 7) is 8.32. The van der Waals surface area contributed by atoms with Crippen LogP contribution in [0.2, 0.25) is 0 Å². The van der Waals surface area contributed by atoms with E-state index in [4.69, 9.17) is 24.0 Å². The molecule has 0 unspecified atom stereocenters. The van der Waals surface area contributed by atoms with Gasteiger partial charge in [0.1, 0.15) is 11.6 Å². The van der Waals surface area contributed by atoms with Crippen molar-refractivity contribution < 1.29 is 28.4 Å². The van der Waals surface area contributed by atoms with Crippen molar-refractivity contribution in [3.63, 3.8) is 0 Å². The van der Waals surface area contributed by atoms with E-state index in [1.54, 1.807) is 12.3 Å². The lowest BCUT2D eigenvalue weighted by Crippen LogP contribution is -2.70. The minimum absolute atomic E-state index is 0.0878. The maximum atomic E-state index is 13.8. The number of aromatic nitrogens is 1. The number of ether oxygens (including phenoxy) is 3. The van der Waals surface area contributed by atoms with Crippen LogP contribution in [0.15, 0.2) is 53.6 Å². The number of fused-ring (bicyclic) bond motifs is 3. The van der Waals surface area contributed by atoms with Gasteiger partial charge in [0.25, 0.3) is 0 Å². The monoisotopic (exact) mass is 561 g/mol. The third-order valence-corrected chi connectivity index (χ3v) is 9.53. The van der Waals surface area contributed by atoms with E-state index in [0.29, 0.717) is 34.2 Å². The smallest absolute Gasteiger partial charge is 0.205 e. The molecule has 2 bridgehead atoms. The van der Waals surface area contributed by atoms with Crippen LogP contribution in [0, 0.1) is 36.4 Å². The molecule has 1 aromatic heterocycles. The number of rotatable bonds is 5. The average Bonchev–Trinajstić information content (AvgIpc) is 3.18. The molecule has 4 saturated heterocycles. The topological polar surface area (TPSA) is 83.4 Å². The van der Waals surface area contributed by atoms with Crippen LogP contribution >= 0.6 is 0 Å². The van der Waals surface area contributed by atoms with Crippen LogP contribution in [0.5, 0.6) is 5.75 Å². The number of pyridine rings is 1. The summed E-state index contributed by atoms with van der Waals surface area (Å²) in [7, 11) is 0. The standard InChI is InChI=1S/C32H36FN3O5/c1-18-5-11-26-20(3)29(38-30-32(26)25(18)13-14-31(4,39-30)40-41-32)37-23-9-6-21(7-10-23)17-34-36-28-15-19(2)35-27-12-8-22(33)16-24(27)28/h6-10,12,15-18,20,25-26,29-30H,5,11,13-14H2,1-4H3,(H,35,36)/b34-17+/t18-,20-,25+,26+,29+,30-,31-,32-/m1/s1. The maximum absolute atomic E-state index is 13.8. The Morgan fingerprint density at radius 2 is 1.88 bits per heavy atom. The molecule has 1 spiro atoms. The van der Waals surface area contributed by atoms with E-state index < -0.39 is 24.0 Å². The Labute approximate surface area is 239 Å². The summed E-state index contributed by atoms with van der Waals surface area (Å²) in [6, 6.07) is 14.1. The predicted molar refractivity (Wildman–Crippen MR) is 152 cm³/mol. The molecule has 8 atom stereocenters. The Hall–Kier alpha value is -3.11. The molecule has 1 saturated carbocycles. The van der Waals surface area contributed by atoms with Crippen LogP contribution in [0.1, 0.15) is 57.7 Å². The molecule has 216 valence electrons. The lowest BCUT2D eigenvalue weighted by Gasteiger charge is -2.60. The fourth-order valence-corrected chi connectivity index (χ4v) is 7.37. The van der Waals surface area contributed by atoms with Gasteiger partial charge in [0.05, 0.1) is 17.4 Å². The summed E-state index contributed by atoms with van der Waals surface area (Å²) in [6.07, 6.45) is 4.64. The molecule has 0 radical (unpaired) electrons.